The average molecular weight is 333 g/mol. The summed E-state index contributed by atoms with van der Waals surface area (Å²) in [5.74, 6) is 1.36. The third-order valence-corrected chi connectivity index (χ3v) is 3.71. The largest absolute Gasteiger partial charge is 0.370 e. The van der Waals surface area contributed by atoms with Crippen molar-refractivity contribution in [1.29, 1.82) is 0 Å². The van der Waals surface area contributed by atoms with E-state index >= 15 is 0 Å². The van der Waals surface area contributed by atoms with Crippen LogP contribution >= 0.6 is 11.6 Å². The second-order valence-corrected chi connectivity index (χ2v) is 5.80. The fourth-order valence-corrected chi connectivity index (χ4v) is 2.28. The zero-order chi connectivity index (χ0) is 16.2. The summed E-state index contributed by atoms with van der Waals surface area (Å²) in [5.41, 5.74) is 6.99. The highest BCUT2D eigenvalue weighted by atomic mass is 35.5. The topological polar surface area (TPSA) is 106 Å². The second kappa shape index (κ2) is 6.78. The van der Waals surface area contributed by atoms with Gasteiger partial charge in [-0.3, -0.25) is 4.79 Å². The first-order valence-corrected chi connectivity index (χ1v) is 7.77. The van der Waals surface area contributed by atoms with E-state index in [9.17, 15) is 4.79 Å². The van der Waals surface area contributed by atoms with Crippen LogP contribution < -0.4 is 16.4 Å². The van der Waals surface area contributed by atoms with Crippen molar-refractivity contribution in [3.63, 3.8) is 0 Å². The number of primary amides is 1. The molecular formula is C15H17ClN6O. The van der Waals surface area contributed by atoms with E-state index in [1.807, 2.05) is 6.20 Å². The molecule has 0 unspecified atom stereocenters. The van der Waals surface area contributed by atoms with Crippen LogP contribution in [0.15, 0.2) is 24.5 Å². The molecule has 1 aliphatic carbocycles. The third-order valence-electron chi connectivity index (χ3n) is 3.48. The van der Waals surface area contributed by atoms with Gasteiger partial charge in [0.15, 0.2) is 0 Å². The van der Waals surface area contributed by atoms with E-state index < -0.39 is 0 Å². The van der Waals surface area contributed by atoms with Crippen LogP contribution in [0.5, 0.6) is 0 Å². The van der Waals surface area contributed by atoms with Gasteiger partial charge in [-0.1, -0.05) is 11.6 Å². The maximum absolute atomic E-state index is 10.9. The second-order valence-electron chi connectivity index (χ2n) is 5.41. The Balaban J connectivity index is 1.75. The number of carbonyl (C=O) groups excluding carboxylic acids is 1. The monoisotopic (exact) mass is 332 g/mol. The number of nitrogens with two attached hydrogens (primary N) is 1. The first-order chi connectivity index (χ1) is 11.1. The molecule has 120 valence electrons. The van der Waals surface area contributed by atoms with E-state index in [2.05, 4.69) is 25.6 Å². The van der Waals surface area contributed by atoms with Gasteiger partial charge in [-0.05, 0) is 30.9 Å². The van der Waals surface area contributed by atoms with Crippen LogP contribution in [0.2, 0.25) is 5.15 Å². The minimum absolute atomic E-state index is 0.262. The molecule has 0 aliphatic heterocycles. The number of nitrogens with one attached hydrogen (secondary N) is 2. The van der Waals surface area contributed by atoms with E-state index in [1.54, 1.807) is 18.3 Å². The van der Waals surface area contributed by atoms with E-state index in [1.165, 1.54) is 0 Å². The Morgan fingerprint density at radius 1 is 1.30 bits per heavy atom. The zero-order valence-electron chi connectivity index (χ0n) is 12.4. The number of hydrogen-bond donors (Lipinski definition) is 3. The van der Waals surface area contributed by atoms with Crippen LogP contribution in [0.25, 0.3) is 0 Å². The molecule has 4 N–H and O–H groups in total. The van der Waals surface area contributed by atoms with E-state index in [-0.39, 0.29) is 12.3 Å². The molecule has 8 heteroatoms. The summed E-state index contributed by atoms with van der Waals surface area (Å²) in [5, 5.41) is 6.68. The normalized spacial score (nSPS) is 13.6. The summed E-state index contributed by atoms with van der Waals surface area (Å²) < 4.78 is 0. The number of aromatic nitrogens is 3. The van der Waals surface area contributed by atoms with Crippen LogP contribution in [0, 0.1) is 0 Å². The Kier molecular flexibility index (Phi) is 4.57. The smallest absolute Gasteiger partial charge is 0.229 e. The van der Waals surface area contributed by atoms with E-state index in [0.29, 0.717) is 23.6 Å². The average Bonchev–Trinajstić information content (AvgIpc) is 3.34. The molecule has 0 spiro atoms. The van der Waals surface area contributed by atoms with Crippen molar-refractivity contribution < 1.29 is 4.79 Å². The lowest BCUT2D eigenvalue weighted by atomic mass is 10.2. The number of nitrogens with zero attached hydrogens (tertiary/aromatic N) is 3. The lowest BCUT2D eigenvalue weighted by Crippen LogP contribution is -2.17. The Morgan fingerprint density at radius 3 is 2.78 bits per heavy atom. The van der Waals surface area contributed by atoms with Gasteiger partial charge in [0.25, 0.3) is 0 Å². The fourth-order valence-electron chi connectivity index (χ4n) is 2.17. The number of amides is 1. The Hall–Kier alpha value is -2.41. The van der Waals surface area contributed by atoms with Gasteiger partial charge < -0.3 is 16.4 Å². The standard InChI is InChI=1S/C15H17ClN6O/c16-12-4-3-10(7-19-12)21-15-20-8-11(9-1-2-9)14(22-15)18-6-5-13(17)23/h3-4,7-9H,1-2,5-6H2,(H2,17,23)(H2,18,20,21,22). The molecule has 23 heavy (non-hydrogen) atoms. The molecule has 0 radical (unpaired) electrons. The molecule has 0 atom stereocenters. The van der Waals surface area contributed by atoms with Gasteiger partial charge in [0.05, 0.1) is 11.9 Å². The van der Waals surface area contributed by atoms with Crippen molar-refractivity contribution in [3.05, 3.63) is 35.2 Å². The first-order valence-electron chi connectivity index (χ1n) is 7.39. The molecule has 0 bridgehead atoms. The summed E-state index contributed by atoms with van der Waals surface area (Å²) in [6, 6.07) is 3.49. The molecule has 0 saturated heterocycles. The van der Waals surface area contributed by atoms with Gasteiger partial charge in [-0.25, -0.2) is 9.97 Å². The van der Waals surface area contributed by atoms with Crippen LogP contribution in [0.1, 0.15) is 30.7 Å². The van der Waals surface area contributed by atoms with Gasteiger partial charge >= 0.3 is 0 Å². The predicted octanol–water partition coefficient (Wildman–Crippen LogP) is 2.43. The molecule has 1 saturated carbocycles. The van der Waals surface area contributed by atoms with Gasteiger partial charge in [-0.2, -0.15) is 4.98 Å². The predicted molar refractivity (Wildman–Crippen MR) is 88.8 cm³/mol. The van der Waals surface area contributed by atoms with Crippen LogP contribution in [-0.4, -0.2) is 27.4 Å². The van der Waals surface area contributed by atoms with Gasteiger partial charge in [0, 0.05) is 24.7 Å². The zero-order valence-corrected chi connectivity index (χ0v) is 13.2. The van der Waals surface area contributed by atoms with Gasteiger partial charge in [0.2, 0.25) is 11.9 Å². The van der Waals surface area contributed by atoms with Crippen molar-refractivity contribution in [1.82, 2.24) is 15.0 Å². The number of carbonyl (C=O) groups is 1. The Morgan fingerprint density at radius 2 is 2.13 bits per heavy atom. The van der Waals surface area contributed by atoms with E-state index in [4.69, 9.17) is 17.3 Å². The molecule has 0 aromatic carbocycles. The molecule has 1 amide bonds. The highest BCUT2D eigenvalue weighted by molar-refractivity contribution is 6.29. The van der Waals surface area contributed by atoms with Crippen molar-refractivity contribution in [2.24, 2.45) is 5.73 Å². The highest BCUT2D eigenvalue weighted by Crippen LogP contribution is 2.42. The van der Waals surface area contributed by atoms with Crippen molar-refractivity contribution in [3.8, 4) is 0 Å². The molecule has 2 aromatic heterocycles. The number of pyridine rings is 1. The Bertz CT molecular complexity index is 702. The third kappa shape index (κ3) is 4.29. The quantitative estimate of drug-likeness (QED) is 0.672. The molecule has 2 heterocycles. The van der Waals surface area contributed by atoms with Crippen molar-refractivity contribution >= 4 is 35.0 Å². The van der Waals surface area contributed by atoms with Crippen LogP contribution in [0.4, 0.5) is 17.5 Å². The van der Waals surface area contributed by atoms with Crippen molar-refractivity contribution in [2.45, 2.75) is 25.2 Å². The Labute approximate surface area is 138 Å². The summed E-state index contributed by atoms with van der Waals surface area (Å²) in [7, 11) is 0. The van der Waals surface area contributed by atoms with Gasteiger partial charge in [-0.15, -0.1) is 0 Å². The number of halogens is 1. The minimum Gasteiger partial charge on any atom is -0.370 e. The van der Waals surface area contributed by atoms with E-state index in [0.717, 1.165) is 29.9 Å². The highest BCUT2D eigenvalue weighted by Gasteiger charge is 2.27. The minimum atomic E-state index is -0.342. The SMILES string of the molecule is NC(=O)CCNc1nc(Nc2ccc(Cl)nc2)ncc1C1CC1. The number of rotatable bonds is 7. The number of anilines is 3. The summed E-state index contributed by atoms with van der Waals surface area (Å²) in [4.78, 5) is 23.7. The van der Waals surface area contributed by atoms with Crippen molar-refractivity contribution in [2.75, 3.05) is 17.2 Å². The van der Waals surface area contributed by atoms with Crippen LogP contribution in [-0.2, 0) is 4.79 Å². The maximum Gasteiger partial charge on any atom is 0.229 e. The summed E-state index contributed by atoms with van der Waals surface area (Å²) in [6.45, 7) is 0.452. The molecule has 7 nitrogen and oxygen atoms in total. The molecule has 3 rings (SSSR count). The molecular weight excluding hydrogens is 316 g/mol. The first kappa shape index (κ1) is 15.5. The summed E-state index contributed by atoms with van der Waals surface area (Å²) >= 11 is 5.77. The maximum atomic E-state index is 10.9. The molecule has 2 aromatic rings. The fraction of sp³-hybridized carbons (Fsp3) is 0.333. The molecule has 1 aliphatic rings. The molecule has 1 fully saturated rings. The summed E-state index contributed by atoms with van der Waals surface area (Å²) in [6.07, 6.45) is 5.98. The number of hydrogen-bond acceptors (Lipinski definition) is 6. The van der Waals surface area contributed by atoms with Gasteiger partial charge in [0.1, 0.15) is 11.0 Å². The lowest BCUT2D eigenvalue weighted by Gasteiger charge is -2.12. The van der Waals surface area contributed by atoms with Crippen LogP contribution in [0.3, 0.4) is 0 Å². The lowest BCUT2D eigenvalue weighted by molar-refractivity contribution is -0.117.